The Kier molecular flexibility index (Phi) is 3.84. The van der Waals surface area contributed by atoms with Gasteiger partial charge in [-0.3, -0.25) is 0 Å². The van der Waals surface area contributed by atoms with E-state index < -0.39 is 12.0 Å². The Morgan fingerprint density at radius 1 is 1.32 bits per heavy atom. The van der Waals surface area contributed by atoms with Gasteiger partial charge in [-0.25, -0.2) is 15.0 Å². The lowest BCUT2D eigenvalue weighted by atomic mass is 10.4. The molecule has 0 saturated heterocycles. The minimum atomic E-state index is -4.61. The SMILES string of the molecule is Nc1cc(NCCc2nccs2)nc(C(F)(F)F)n1. The van der Waals surface area contributed by atoms with Crippen molar-refractivity contribution in [2.75, 3.05) is 17.6 Å². The molecule has 2 aromatic rings. The Morgan fingerprint density at radius 3 is 2.74 bits per heavy atom. The van der Waals surface area contributed by atoms with Gasteiger partial charge in [-0.05, 0) is 0 Å². The van der Waals surface area contributed by atoms with Crippen LogP contribution in [0.15, 0.2) is 17.6 Å². The van der Waals surface area contributed by atoms with Crippen LogP contribution in [0.5, 0.6) is 0 Å². The molecular formula is C10H10F3N5S. The predicted octanol–water partition coefficient (Wildman–Crippen LogP) is 2.19. The smallest absolute Gasteiger partial charge is 0.384 e. The molecular weight excluding hydrogens is 279 g/mol. The van der Waals surface area contributed by atoms with E-state index in [1.807, 2.05) is 5.38 Å². The molecule has 2 rings (SSSR count). The van der Waals surface area contributed by atoms with Gasteiger partial charge in [0, 0.05) is 30.6 Å². The molecule has 0 aliphatic carbocycles. The molecule has 3 N–H and O–H groups in total. The number of hydrogen-bond donors (Lipinski definition) is 2. The summed E-state index contributed by atoms with van der Waals surface area (Å²) in [6.07, 6.45) is -2.34. The maximum atomic E-state index is 12.5. The maximum absolute atomic E-state index is 12.5. The molecule has 0 unspecified atom stereocenters. The largest absolute Gasteiger partial charge is 0.451 e. The van der Waals surface area contributed by atoms with Crippen LogP contribution in [0.2, 0.25) is 0 Å². The molecule has 19 heavy (non-hydrogen) atoms. The zero-order chi connectivity index (χ0) is 13.9. The first-order valence-corrected chi connectivity index (χ1v) is 6.17. The van der Waals surface area contributed by atoms with Gasteiger partial charge in [-0.15, -0.1) is 11.3 Å². The molecule has 0 atom stereocenters. The van der Waals surface area contributed by atoms with Crippen molar-refractivity contribution in [2.24, 2.45) is 0 Å². The number of rotatable bonds is 4. The standard InChI is InChI=1S/C10H10F3N5S/c11-10(12,13)9-17-6(14)5-7(18-9)15-2-1-8-16-3-4-19-8/h3-5H,1-2H2,(H3,14,15,17,18). The van der Waals surface area contributed by atoms with E-state index in [1.165, 1.54) is 17.4 Å². The van der Waals surface area contributed by atoms with Gasteiger partial charge in [-0.2, -0.15) is 13.2 Å². The van der Waals surface area contributed by atoms with Crippen LogP contribution in [0.1, 0.15) is 10.8 Å². The first-order valence-electron chi connectivity index (χ1n) is 5.29. The zero-order valence-corrected chi connectivity index (χ0v) is 10.4. The van der Waals surface area contributed by atoms with E-state index in [0.29, 0.717) is 13.0 Å². The highest BCUT2D eigenvalue weighted by atomic mass is 32.1. The van der Waals surface area contributed by atoms with Crippen LogP contribution in [0.4, 0.5) is 24.8 Å². The normalized spacial score (nSPS) is 11.5. The van der Waals surface area contributed by atoms with Gasteiger partial charge in [0.05, 0.1) is 5.01 Å². The predicted molar refractivity (Wildman–Crippen MR) is 65.8 cm³/mol. The Bertz CT molecular complexity index is 541. The van der Waals surface area contributed by atoms with Crippen molar-refractivity contribution in [3.8, 4) is 0 Å². The van der Waals surface area contributed by atoms with E-state index >= 15 is 0 Å². The summed E-state index contributed by atoms with van der Waals surface area (Å²) in [5, 5.41) is 5.50. The lowest BCUT2D eigenvalue weighted by Gasteiger charge is -2.09. The maximum Gasteiger partial charge on any atom is 0.451 e. The summed E-state index contributed by atoms with van der Waals surface area (Å²) in [5.41, 5.74) is 5.32. The molecule has 9 heteroatoms. The van der Waals surface area contributed by atoms with Crippen LogP contribution < -0.4 is 11.1 Å². The van der Waals surface area contributed by atoms with Crippen LogP contribution in [0, 0.1) is 0 Å². The summed E-state index contributed by atoms with van der Waals surface area (Å²) in [6, 6.07) is 1.26. The van der Waals surface area contributed by atoms with Crippen LogP contribution in [-0.4, -0.2) is 21.5 Å². The van der Waals surface area contributed by atoms with Crippen molar-refractivity contribution in [2.45, 2.75) is 12.6 Å². The first-order chi connectivity index (χ1) is 8.95. The van der Waals surface area contributed by atoms with Gasteiger partial charge >= 0.3 is 6.18 Å². The minimum Gasteiger partial charge on any atom is -0.384 e. The van der Waals surface area contributed by atoms with Gasteiger partial charge in [0.2, 0.25) is 5.82 Å². The molecule has 2 heterocycles. The third-order valence-electron chi connectivity index (χ3n) is 2.13. The molecule has 0 spiro atoms. The lowest BCUT2D eigenvalue weighted by molar-refractivity contribution is -0.144. The van der Waals surface area contributed by atoms with Crippen molar-refractivity contribution < 1.29 is 13.2 Å². The van der Waals surface area contributed by atoms with Crippen molar-refractivity contribution >= 4 is 23.0 Å². The Labute approximate surface area is 110 Å². The molecule has 0 bridgehead atoms. The molecule has 0 aromatic carbocycles. The van der Waals surface area contributed by atoms with Gasteiger partial charge in [-0.1, -0.05) is 0 Å². The minimum absolute atomic E-state index is 0.0522. The van der Waals surface area contributed by atoms with Crippen LogP contribution in [0.25, 0.3) is 0 Å². The van der Waals surface area contributed by atoms with Gasteiger partial charge in [0.1, 0.15) is 11.6 Å². The number of nitrogens with one attached hydrogen (secondary N) is 1. The summed E-state index contributed by atoms with van der Waals surface area (Å²) in [7, 11) is 0. The third-order valence-corrected chi connectivity index (χ3v) is 2.97. The zero-order valence-electron chi connectivity index (χ0n) is 9.61. The molecule has 0 fully saturated rings. The summed E-state index contributed by atoms with van der Waals surface area (Å²) in [4.78, 5) is 10.6. The second kappa shape index (κ2) is 5.39. The highest BCUT2D eigenvalue weighted by Gasteiger charge is 2.35. The first kappa shape index (κ1) is 13.5. The van der Waals surface area contributed by atoms with Crippen LogP contribution >= 0.6 is 11.3 Å². The van der Waals surface area contributed by atoms with E-state index in [0.717, 1.165) is 5.01 Å². The number of aromatic nitrogens is 3. The molecule has 5 nitrogen and oxygen atoms in total. The van der Waals surface area contributed by atoms with E-state index in [-0.39, 0.29) is 11.6 Å². The number of alkyl halides is 3. The molecule has 0 radical (unpaired) electrons. The second-order valence-electron chi connectivity index (χ2n) is 3.60. The van der Waals surface area contributed by atoms with Crippen molar-refractivity contribution in [1.82, 2.24) is 15.0 Å². The fourth-order valence-corrected chi connectivity index (χ4v) is 1.98. The van der Waals surface area contributed by atoms with Crippen molar-refractivity contribution in [1.29, 1.82) is 0 Å². The number of nitrogens with zero attached hydrogens (tertiary/aromatic N) is 3. The van der Waals surface area contributed by atoms with Gasteiger partial charge < -0.3 is 11.1 Å². The summed E-state index contributed by atoms with van der Waals surface area (Å²) in [5.74, 6) is -1.42. The number of nitrogens with two attached hydrogens (primary N) is 1. The molecule has 0 aliphatic rings. The van der Waals surface area contributed by atoms with Gasteiger partial charge in [0.25, 0.3) is 0 Å². The topological polar surface area (TPSA) is 76.7 Å². The molecule has 0 aliphatic heterocycles. The number of halogens is 3. The number of hydrogen-bond acceptors (Lipinski definition) is 6. The lowest BCUT2D eigenvalue weighted by Crippen LogP contribution is -2.15. The third kappa shape index (κ3) is 3.78. The van der Waals surface area contributed by atoms with Crippen LogP contribution in [0.3, 0.4) is 0 Å². The Hall–Kier alpha value is -1.90. The van der Waals surface area contributed by atoms with Gasteiger partial charge in [0.15, 0.2) is 0 Å². The molecule has 102 valence electrons. The summed E-state index contributed by atoms with van der Waals surface area (Å²) < 4.78 is 37.4. The molecule has 2 aromatic heterocycles. The van der Waals surface area contributed by atoms with Crippen LogP contribution in [-0.2, 0) is 12.6 Å². The Balaban J connectivity index is 2.02. The average Bonchev–Trinajstić information content (AvgIpc) is 2.80. The summed E-state index contributed by atoms with van der Waals surface area (Å²) in [6.45, 7) is 0.418. The highest BCUT2D eigenvalue weighted by molar-refractivity contribution is 7.09. The van der Waals surface area contributed by atoms with E-state index in [2.05, 4.69) is 20.3 Å². The summed E-state index contributed by atoms with van der Waals surface area (Å²) >= 11 is 1.48. The quantitative estimate of drug-likeness (QED) is 0.902. The molecule has 0 saturated carbocycles. The highest BCUT2D eigenvalue weighted by Crippen LogP contribution is 2.27. The number of nitrogen functional groups attached to an aromatic ring is 1. The number of anilines is 2. The van der Waals surface area contributed by atoms with Crippen molar-refractivity contribution in [3.05, 3.63) is 28.5 Å². The average molecular weight is 289 g/mol. The molecule has 0 amide bonds. The van der Waals surface area contributed by atoms with Crippen molar-refractivity contribution in [3.63, 3.8) is 0 Å². The van der Waals surface area contributed by atoms with E-state index in [9.17, 15) is 13.2 Å². The fourth-order valence-electron chi connectivity index (χ4n) is 1.36. The number of thiazole rings is 1. The van der Waals surface area contributed by atoms with E-state index in [4.69, 9.17) is 5.73 Å². The Morgan fingerprint density at radius 2 is 2.11 bits per heavy atom. The fraction of sp³-hybridized carbons (Fsp3) is 0.300. The van der Waals surface area contributed by atoms with E-state index in [1.54, 1.807) is 6.20 Å². The second-order valence-corrected chi connectivity index (χ2v) is 4.58. The monoisotopic (exact) mass is 289 g/mol.